The Kier molecular flexibility index (Phi) is 3.65. The van der Waals surface area contributed by atoms with Crippen molar-refractivity contribution in [3.63, 3.8) is 0 Å². The van der Waals surface area contributed by atoms with Crippen molar-refractivity contribution in [3.8, 4) is 0 Å². The standard InChI is InChI=1S/C15H22N2/c1-12(2)8-9-14(17-16)15(10-11-15)13-6-4-3-5-7-13/h3-7,14,17H,1,8-11,16H2,2H3. The molecule has 0 bridgehead atoms. The molecule has 1 aromatic rings. The van der Waals surface area contributed by atoms with Gasteiger partial charge in [-0.05, 0) is 38.2 Å². The zero-order valence-electron chi connectivity index (χ0n) is 10.6. The Morgan fingerprint density at radius 3 is 2.53 bits per heavy atom. The normalized spacial score (nSPS) is 18.7. The number of benzene rings is 1. The van der Waals surface area contributed by atoms with Crippen molar-refractivity contribution < 1.29 is 0 Å². The van der Waals surface area contributed by atoms with E-state index < -0.39 is 0 Å². The Morgan fingerprint density at radius 2 is 2.06 bits per heavy atom. The van der Waals surface area contributed by atoms with Crippen LogP contribution >= 0.6 is 0 Å². The number of hydrogen-bond acceptors (Lipinski definition) is 2. The fourth-order valence-electron chi connectivity index (χ4n) is 2.65. The van der Waals surface area contributed by atoms with Gasteiger partial charge in [-0.15, -0.1) is 6.58 Å². The predicted molar refractivity (Wildman–Crippen MR) is 72.5 cm³/mol. The Balaban J connectivity index is 2.11. The van der Waals surface area contributed by atoms with Crippen molar-refractivity contribution in [2.75, 3.05) is 0 Å². The second kappa shape index (κ2) is 5.03. The molecule has 1 aromatic carbocycles. The average molecular weight is 230 g/mol. The fourth-order valence-corrected chi connectivity index (χ4v) is 2.65. The molecule has 0 radical (unpaired) electrons. The molecule has 92 valence electrons. The van der Waals surface area contributed by atoms with E-state index in [1.54, 1.807) is 0 Å². The Hall–Kier alpha value is -1.12. The van der Waals surface area contributed by atoms with Crippen LogP contribution in [0.25, 0.3) is 0 Å². The van der Waals surface area contributed by atoms with Gasteiger partial charge < -0.3 is 0 Å². The lowest BCUT2D eigenvalue weighted by atomic mass is 9.85. The summed E-state index contributed by atoms with van der Waals surface area (Å²) in [4.78, 5) is 0. The van der Waals surface area contributed by atoms with E-state index in [4.69, 9.17) is 5.84 Å². The molecule has 2 nitrogen and oxygen atoms in total. The van der Waals surface area contributed by atoms with Crippen LogP contribution in [0.2, 0.25) is 0 Å². The van der Waals surface area contributed by atoms with Crippen LogP contribution in [0, 0.1) is 0 Å². The maximum Gasteiger partial charge on any atom is 0.0310 e. The lowest BCUT2D eigenvalue weighted by molar-refractivity contribution is 0.399. The summed E-state index contributed by atoms with van der Waals surface area (Å²) in [7, 11) is 0. The van der Waals surface area contributed by atoms with Crippen LogP contribution < -0.4 is 11.3 Å². The maximum absolute atomic E-state index is 5.74. The van der Waals surface area contributed by atoms with Crippen LogP contribution in [0.3, 0.4) is 0 Å². The number of allylic oxidation sites excluding steroid dienone is 1. The van der Waals surface area contributed by atoms with Crippen molar-refractivity contribution in [3.05, 3.63) is 48.0 Å². The van der Waals surface area contributed by atoms with Gasteiger partial charge in [0, 0.05) is 11.5 Å². The van der Waals surface area contributed by atoms with Gasteiger partial charge in [0.05, 0.1) is 0 Å². The van der Waals surface area contributed by atoms with E-state index in [0.717, 1.165) is 12.8 Å². The zero-order valence-corrected chi connectivity index (χ0v) is 10.6. The largest absolute Gasteiger partial charge is 0.271 e. The van der Waals surface area contributed by atoms with Gasteiger partial charge in [-0.25, -0.2) is 0 Å². The monoisotopic (exact) mass is 230 g/mol. The lowest BCUT2D eigenvalue weighted by Crippen LogP contribution is -2.44. The zero-order chi connectivity index (χ0) is 12.3. The molecule has 1 fully saturated rings. The Morgan fingerprint density at radius 1 is 1.41 bits per heavy atom. The first kappa shape index (κ1) is 12.3. The van der Waals surface area contributed by atoms with E-state index >= 15 is 0 Å². The Bertz CT molecular complexity index is 379. The highest BCUT2D eigenvalue weighted by Crippen LogP contribution is 2.51. The fraction of sp³-hybridized carbons (Fsp3) is 0.467. The van der Waals surface area contributed by atoms with Gasteiger partial charge in [0.25, 0.3) is 0 Å². The highest BCUT2D eigenvalue weighted by Gasteiger charge is 2.49. The van der Waals surface area contributed by atoms with E-state index in [2.05, 4.69) is 49.3 Å². The predicted octanol–water partition coefficient (Wildman–Crippen LogP) is 2.91. The van der Waals surface area contributed by atoms with Gasteiger partial charge in [0.15, 0.2) is 0 Å². The van der Waals surface area contributed by atoms with Gasteiger partial charge in [-0.2, -0.15) is 0 Å². The molecular formula is C15H22N2. The molecular weight excluding hydrogens is 208 g/mol. The van der Waals surface area contributed by atoms with Crippen molar-refractivity contribution in [2.45, 2.75) is 44.1 Å². The minimum atomic E-state index is 0.269. The molecule has 0 aromatic heterocycles. The van der Waals surface area contributed by atoms with E-state index in [0.29, 0.717) is 6.04 Å². The molecule has 1 atom stereocenters. The van der Waals surface area contributed by atoms with Crippen LogP contribution in [0.15, 0.2) is 42.5 Å². The number of hydrogen-bond donors (Lipinski definition) is 2. The highest BCUT2D eigenvalue weighted by molar-refractivity contribution is 5.33. The summed E-state index contributed by atoms with van der Waals surface area (Å²) < 4.78 is 0. The van der Waals surface area contributed by atoms with E-state index in [-0.39, 0.29) is 5.41 Å². The molecule has 1 aliphatic carbocycles. The molecule has 2 heteroatoms. The molecule has 0 heterocycles. The van der Waals surface area contributed by atoms with Gasteiger partial charge >= 0.3 is 0 Å². The number of hydrazine groups is 1. The van der Waals surface area contributed by atoms with Gasteiger partial charge in [0.1, 0.15) is 0 Å². The van der Waals surface area contributed by atoms with Crippen molar-refractivity contribution in [2.24, 2.45) is 5.84 Å². The van der Waals surface area contributed by atoms with Crippen molar-refractivity contribution in [1.29, 1.82) is 0 Å². The SMILES string of the molecule is C=C(C)CCC(NN)C1(c2ccccc2)CC1. The molecule has 1 aliphatic rings. The summed E-state index contributed by atoms with van der Waals surface area (Å²) in [5.41, 5.74) is 5.94. The van der Waals surface area contributed by atoms with Gasteiger partial charge in [-0.1, -0.05) is 35.9 Å². The third-order valence-corrected chi connectivity index (χ3v) is 3.87. The number of rotatable bonds is 6. The highest BCUT2D eigenvalue weighted by atomic mass is 15.2. The molecule has 1 saturated carbocycles. The van der Waals surface area contributed by atoms with Crippen LogP contribution in [-0.2, 0) is 5.41 Å². The first-order valence-electron chi connectivity index (χ1n) is 6.35. The molecule has 3 N–H and O–H groups in total. The average Bonchev–Trinajstić information content (AvgIpc) is 3.12. The molecule has 0 amide bonds. The minimum Gasteiger partial charge on any atom is -0.271 e. The van der Waals surface area contributed by atoms with Crippen molar-refractivity contribution >= 4 is 0 Å². The second-order valence-electron chi connectivity index (χ2n) is 5.24. The van der Waals surface area contributed by atoms with Gasteiger partial charge in [0.2, 0.25) is 0 Å². The molecule has 0 saturated heterocycles. The van der Waals surface area contributed by atoms with E-state index in [9.17, 15) is 0 Å². The van der Waals surface area contributed by atoms with Crippen LogP contribution in [0.4, 0.5) is 0 Å². The molecule has 17 heavy (non-hydrogen) atoms. The lowest BCUT2D eigenvalue weighted by Gasteiger charge is -2.27. The van der Waals surface area contributed by atoms with E-state index in [1.165, 1.54) is 24.0 Å². The summed E-state index contributed by atoms with van der Waals surface area (Å²) in [5, 5.41) is 0. The molecule has 1 unspecified atom stereocenters. The third-order valence-electron chi connectivity index (χ3n) is 3.87. The summed E-state index contributed by atoms with van der Waals surface area (Å²) in [6.45, 7) is 6.05. The first-order valence-corrected chi connectivity index (χ1v) is 6.35. The molecule has 0 spiro atoms. The smallest absolute Gasteiger partial charge is 0.0310 e. The second-order valence-corrected chi connectivity index (χ2v) is 5.24. The summed E-state index contributed by atoms with van der Waals surface area (Å²) in [6, 6.07) is 11.1. The summed E-state index contributed by atoms with van der Waals surface area (Å²) in [5.74, 6) is 5.74. The van der Waals surface area contributed by atoms with Crippen molar-refractivity contribution in [1.82, 2.24) is 5.43 Å². The summed E-state index contributed by atoms with van der Waals surface area (Å²) in [6.07, 6.45) is 4.59. The maximum atomic E-state index is 5.74. The third kappa shape index (κ3) is 2.59. The summed E-state index contributed by atoms with van der Waals surface area (Å²) >= 11 is 0. The molecule has 2 rings (SSSR count). The number of nitrogens with two attached hydrogens (primary N) is 1. The first-order chi connectivity index (χ1) is 8.19. The van der Waals surface area contributed by atoms with Crippen LogP contribution in [0.5, 0.6) is 0 Å². The molecule has 0 aliphatic heterocycles. The van der Waals surface area contributed by atoms with E-state index in [1.807, 2.05) is 0 Å². The number of nitrogens with one attached hydrogen (secondary N) is 1. The van der Waals surface area contributed by atoms with Crippen LogP contribution in [-0.4, -0.2) is 6.04 Å². The topological polar surface area (TPSA) is 38.0 Å². The Labute approximate surface area is 104 Å². The van der Waals surface area contributed by atoms with Gasteiger partial charge in [-0.3, -0.25) is 11.3 Å². The minimum absolute atomic E-state index is 0.269. The quantitative estimate of drug-likeness (QED) is 0.448. The van der Waals surface area contributed by atoms with Crippen LogP contribution in [0.1, 0.15) is 38.2 Å².